The van der Waals surface area contributed by atoms with Crippen LogP contribution in [0, 0.1) is 18.8 Å². The number of fused-ring (bicyclic) bond motifs is 1. The number of hydrogen-bond acceptors (Lipinski definition) is 4. The average Bonchev–Trinajstić information content (AvgIpc) is 2.64. The molecule has 19 heavy (non-hydrogen) atoms. The standard InChI is InChI=1S/C14H21N5/c1-9-5-10(2)7-19(6-9)14-13-12(15-8-16-14)11(3)17-18(13)4/h8-10H,5-7H2,1-4H3/t9-,10-/m1/s1. The van der Waals surface area contributed by atoms with E-state index in [1.165, 1.54) is 6.42 Å². The highest BCUT2D eigenvalue weighted by Gasteiger charge is 2.25. The van der Waals surface area contributed by atoms with Crippen LogP contribution in [0.15, 0.2) is 6.33 Å². The van der Waals surface area contributed by atoms with Crippen molar-refractivity contribution < 1.29 is 0 Å². The molecule has 5 nitrogen and oxygen atoms in total. The molecule has 3 rings (SSSR count). The molecule has 0 saturated carbocycles. The molecule has 0 aromatic carbocycles. The van der Waals surface area contributed by atoms with Crippen molar-refractivity contribution in [2.75, 3.05) is 18.0 Å². The smallest absolute Gasteiger partial charge is 0.158 e. The maximum absolute atomic E-state index is 4.53. The fourth-order valence-electron chi connectivity index (χ4n) is 3.32. The molecule has 0 N–H and O–H groups in total. The fourth-order valence-corrected chi connectivity index (χ4v) is 3.32. The van der Waals surface area contributed by atoms with Crippen molar-refractivity contribution >= 4 is 16.9 Å². The topological polar surface area (TPSA) is 46.8 Å². The van der Waals surface area contributed by atoms with Gasteiger partial charge in [-0.2, -0.15) is 5.10 Å². The van der Waals surface area contributed by atoms with Crippen molar-refractivity contribution in [1.82, 2.24) is 19.7 Å². The third-order valence-corrected chi connectivity index (χ3v) is 3.94. The zero-order chi connectivity index (χ0) is 13.6. The molecule has 5 heteroatoms. The highest BCUT2D eigenvalue weighted by atomic mass is 15.3. The van der Waals surface area contributed by atoms with E-state index in [1.54, 1.807) is 6.33 Å². The number of aromatic nitrogens is 4. The van der Waals surface area contributed by atoms with E-state index in [9.17, 15) is 0 Å². The molecule has 0 amide bonds. The van der Waals surface area contributed by atoms with E-state index in [1.807, 2.05) is 18.7 Å². The van der Waals surface area contributed by atoms with Gasteiger partial charge in [0.1, 0.15) is 17.4 Å². The third-order valence-electron chi connectivity index (χ3n) is 3.94. The molecule has 1 aliphatic rings. The largest absolute Gasteiger partial charge is 0.354 e. The summed E-state index contributed by atoms with van der Waals surface area (Å²) in [5, 5.41) is 4.47. The quantitative estimate of drug-likeness (QED) is 0.787. The molecule has 0 aliphatic carbocycles. The zero-order valence-corrected chi connectivity index (χ0v) is 12.1. The molecule has 3 heterocycles. The Balaban J connectivity index is 2.09. The van der Waals surface area contributed by atoms with Crippen molar-refractivity contribution in [1.29, 1.82) is 0 Å². The molecular weight excluding hydrogens is 238 g/mol. The Hall–Kier alpha value is -1.65. The maximum atomic E-state index is 4.53. The van der Waals surface area contributed by atoms with Crippen LogP contribution in [-0.2, 0) is 7.05 Å². The van der Waals surface area contributed by atoms with E-state index in [2.05, 4.69) is 33.8 Å². The van der Waals surface area contributed by atoms with Crippen LogP contribution in [0.25, 0.3) is 11.0 Å². The molecule has 0 unspecified atom stereocenters. The number of aryl methyl sites for hydroxylation is 2. The Kier molecular flexibility index (Phi) is 2.92. The normalized spacial score (nSPS) is 24.1. The summed E-state index contributed by atoms with van der Waals surface area (Å²) in [5.74, 6) is 2.46. The van der Waals surface area contributed by atoms with Gasteiger partial charge >= 0.3 is 0 Å². The third kappa shape index (κ3) is 2.07. The van der Waals surface area contributed by atoms with Gasteiger partial charge in [0.25, 0.3) is 0 Å². The number of anilines is 1. The van der Waals surface area contributed by atoms with Gasteiger partial charge in [0.05, 0.1) is 5.69 Å². The van der Waals surface area contributed by atoms with Crippen LogP contribution in [0.1, 0.15) is 26.0 Å². The molecule has 2 aromatic heterocycles. The van der Waals surface area contributed by atoms with Crippen LogP contribution in [0.3, 0.4) is 0 Å². The highest BCUT2D eigenvalue weighted by molar-refractivity contribution is 5.87. The summed E-state index contributed by atoms with van der Waals surface area (Å²) < 4.78 is 1.91. The molecule has 0 radical (unpaired) electrons. The van der Waals surface area contributed by atoms with E-state index in [0.29, 0.717) is 11.8 Å². The molecule has 0 bridgehead atoms. The van der Waals surface area contributed by atoms with Gasteiger partial charge in [-0.15, -0.1) is 0 Å². The van der Waals surface area contributed by atoms with Gasteiger partial charge in [-0.3, -0.25) is 4.68 Å². The van der Waals surface area contributed by atoms with Crippen molar-refractivity contribution in [2.45, 2.75) is 27.2 Å². The van der Waals surface area contributed by atoms with Gasteiger partial charge in [-0.25, -0.2) is 9.97 Å². The maximum Gasteiger partial charge on any atom is 0.158 e. The molecule has 1 saturated heterocycles. The van der Waals surface area contributed by atoms with E-state index in [4.69, 9.17) is 0 Å². The molecule has 2 aromatic rings. The van der Waals surface area contributed by atoms with E-state index in [-0.39, 0.29) is 0 Å². The minimum Gasteiger partial charge on any atom is -0.354 e. The van der Waals surface area contributed by atoms with Crippen molar-refractivity contribution in [2.24, 2.45) is 18.9 Å². The summed E-state index contributed by atoms with van der Waals surface area (Å²) in [7, 11) is 1.97. The van der Waals surface area contributed by atoms with E-state index < -0.39 is 0 Å². The summed E-state index contributed by atoms with van der Waals surface area (Å²) in [5.41, 5.74) is 3.00. The summed E-state index contributed by atoms with van der Waals surface area (Å²) in [6.07, 6.45) is 2.96. The number of rotatable bonds is 1. The Morgan fingerprint density at radius 3 is 2.53 bits per heavy atom. The Bertz CT molecular complexity index is 593. The van der Waals surface area contributed by atoms with Gasteiger partial charge in [0.2, 0.25) is 0 Å². The second kappa shape index (κ2) is 4.47. The van der Waals surface area contributed by atoms with Crippen molar-refractivity contribution in [3.8, 4) is 0 Å². The van der Waals surface area contributed by atoms with Crippen LogP contribution >= 0.6 is 0 Å². The molecule has 1 aliphatic heterocycles. The van der Waals surface area contributed by atoms with Crippen LogP contribution in [0.4, 0.5) is 5.82 Å². The molecule has 2 atom stereocenters. The van der Waals surface area contributed by atoms with Gasteiger partial charge in [-0.1, -0.05) is 13.8 Å². The van der Waals surface area contributed by atoms with Crippen molar-refractivity contribution in [3.05, 3.63) is 12.0 Å². The fraction of sp³-hybridized carbons (Fsp3) is 0.643. The first-order valence-electron chi connectivity index (χ1n) is 6.95. The van der Waals surface area contributed by atoms with Gasteiger partial charge < -0.3 is 4.90 Å². The summed E-state index contributed by atoms with van der Waals surface area (Å²) >= 11 is 0. The lowest BCUT2D eigenvalue weighted by Crippen LogP contribution is -2.39. The monoisotopic (exact) mass is 259 g/mol. The minimum absolute atomic E-state index is 0.711. The lowest BCUT2D eigenvalue weighted by atomic mass is 9.92. The van der Waals surface area contributed by atoms with Gasteiger partial charge in [0.15, 0.2) is 5.82 Å². The average molecular weight is 259 g/mol. The zero-order valence-electron chi connectivity index (χ0n) is 12.1. The molecule has 0 spiro atoms. The SMILES string of the molecule is Cc1nn(C)c2c(N3C[C@H](C)C[C@@H](C)C3)ncnc12. The molecule has 1 fully saturated rings. The van der Waals surface area contributed by atoms with Crippen LogP contribution in [0.5, 0.6) is 0 Å². The van der Waals surface area contributed by atoms with E-state index in [0.717, 1.165) is 35.6 Å². The van der Waals surface area contributed by atoms with Crippen LogP contribution in [0.2, 0.25) is 0 Å². The number of piperidine rings is 1. The molecule has 102 valence electrons. The van der Waals surface area contributed by atoms with Crippen LogP contribution in [-0.4, -0.2) is 32.8 Å². The second-order valence-corrected chi connectivity index (χ2v) is 5.95. The Morgan fingerprint density at radius 1 is 1.16 bits per heavy atom. The van der Waals surface area contributed by atoms with Gasteiger partial charge in [0, 0.05) is 20.1 Å². The summed E-state index contributed by atoms with van der Waals surface area (Å²) in [6, 6.07) is 0. The predicted molar refractivity (Wildman–Crippen MR) is 76.2 cm³/mol. The number of hydrogen-bond donors (Lipinski definition) is 0. The molecular formula is C14H21N5. The predicted octanol–water partition coefficient (Wildman–Crippen LogP) is 2.15. The second-order valence-electron chi connectivity index (χ2n) is 5.95. The Labute approximate surface area is 113 Å². The minimum atomic E-state index is 0.711. The summed E-state index contributed by atoms with van der Waals surface area (Å²) in [4.78, 5) is 11.3. The lowest BCUT2D eigenvalue weighted by molar-refractivity contribution is 0.355. The van der Waals surface area contributed by atoms with Gasteiger partial charge in [-0.05, 0) is 25.2 Å². The first-order valence-corrected chi connectivity index (χ1v) is 6.95. The van der Waals surface area contributed by atoms with Crippen molar-refractivity contribution in [3.63, 3.8) is 0 Å². The van der Waals surface area contributed by atoms with E-state index >= 15 is 0 Å². The van der Waals surface area contributed by atoms with Crippen LogP contribution < -0.4 is 4.90 Å². The first-order chi connectivity index (χ1) is 9.06. The Morgan fingerprint density at radius 2 is 1.84 bits per heavy atom. The number of nitrogens with zero attached hydrogens (tertiary/aromatic N) is 5. The lowest BCUT2D eigenvalue weighted by Gasteiger charge is -2.35. The summed E-state index contributed by atoms with van der Waals surface area (Å²) in [6.45, 7) is 8.77. The first kappa shape index (κ1) is 12.4. The highest BCUT2D eigenvalue weighted by Crippen LogP contribution is 2.29.